The SMILES string of the molecule is C/C=C(\C=C(\C)N)C(=N)C1=CC(C(N)=O)CC=C1N. The number of rotatable bonds is 4. The number of hydrogen-bond acceptors (Lipinski definition) is 4. The predicted molar refractivity (Wildman–Crippen MR) is 77.1 cm³/mol. The maximum Gasteiger partial charge on any atom is 0.224 e. The minimum atomic E-state index is -0.415. The van der Waals surface area contributed by atoms with Gasteiger partial charge in [0.1, 0.15) is 0 Å². The molecular formula is C14H20N4O. The molecule has 1 aliphatic rings. The second-order valence-corrected chi connectivity index (χ2v) is 4.49. The van der Waals surface area contributed by atoms with Crippen molar-refractivity contribution >= 4 is 11.6 Å². The van der Waals surface area contributed by atoms with E-state index in [0.717, 1.165) is 0 Å². The van der Waals surface area contributed by atoms with Gasteiger partial charge in [0.2, 0.25) is 5.91 Å². The molecule has 0 aromatic rings. The lowest BCUT2D eigenvalue weighted by Crippen LogP contribution is -2.26. The van der Waals surface area contributed by atoms with Crippen LogP contribution >= 0.6 is 0 Å². The first kappa shape index (κ1) is 14.8. The van der Waals surface area contributed by atoms with Gasteiger partial charge >= 0.3 is 0 Å². The average Bonchev–Trinajstić information content (AvgIpc) is 2.35. The second-order valence-electron chi connectivity index (χ2n) is 4.49. The molecule has 0 saturated heterocycles. The number of nitrogens with one attached hydrogen (secondary N) is 1. The molecule has 7 N–H and O–H groups in total. The predicted octanol–water partition coefficient (Wildman–Crippen LogP) is 1.09. The van der Waals surface area contributed by atoms with E-state index in [1.807, 2.05) is 6.92 Å². The third kappa shape index (κ3) is 3.58. The molecule has 1 unspecified atom stereocenters. The zero-order valence-corrected chi connectivity index (χ0v) is 11.2. The summed E-state index contributed by atoms with van der Waals surface area (Å²) in [5.74, 6) is -0.828. The Kier molecular flexibility index (Phi) is 4.69. The molecule has 1 rings (SSSR count). The highest BCUT2D eigenvalue weighted by atomic mass is 16.1. The Bertz CT molecular complexity index is 520. The van der Waals surface area contributed by atoms with Crippen LogP contribution in [0.15, 0.2) is 46.8 Å². The van der Waals surface area contributed by atoms with E-state index in [4.69, 9.17) is 22.6 Å². The lowest BCUT2D eigenvalue weighted by molar-refractivity contribution is -0.120. The molecule has 1 atom stereocenters. The Labute approximate surface area is 113 Å². The maximum absolute atomic E-state index is 11.2. The van der Waals surface area contributed by atoms with Gasteiger partial charge < -0.3 is 17.2 Å². The van der Waals surface area contributed by atoms with Gasteiger partial charge in [0.05, 0.1) is 11.6 Å². The van der Waals surface area contributed by atoms with Gasteiger partial charge in [-0.3, -0.25) is 10.2 Å². The highest BCUT2D eigenvalue weighted by molar-refractivity contribution is 6.15. The molecule has 0 aromatic carbocycles. The molecule has 5 nitrogen and oxygen atoms in total. The summed E-state index contributed by atoms with van der Waals surface area (Å²) in [5, 5.41) is 8.19. The summed E-state index contributed by atoms with van der Waals surface area (Å²) in [5.41, 5.74) is 19.3. The van der Waals surface area contributed by atoms with Crippen LogP contribution in [0.2, 0.25) is 0 Å². The van der Waals surface area contributed by atoms with Crippen LogP contribution in [0, 0.1) is 11.3 Å². The Morgan fingerprint density at radius 2 is 2.11 bits per heavy atom. The molecule has 1 aliphatic carbocycles. The van der Waals surface area contributed by atoms with E-state index in [9.17, 15) is 4.79 Å². The Morgan fingerprint density at radius 1 is 1.47 bits per heavy atom. The van der Waals surface area contributed by atoms with Gasteiger partial charge in [-0.05, 0) is 31.9 Å². The summed E-state index contributed by atoms with van der Waals surface area (Å²) in [7, 11) is 0. The number of carbonyl (C=O) groups excluding carboxylic acids is 1. The quantitative estimate of drug-likeness (QED) is 0.447. The lowest BCUT2D eigenvalue weighted by atomic mass is 9.88. The van der Waals surface area contributed by atoms with Crippen molar-refractivity contribution in [2.24, 2.45) is 23.1 Å². The largest absolute Gasteiger partial charge is 0.402 e. The van der Waals surface area contributed by atoms with Crippen molar-refractivity contribution in [3.63, 3.8) is 0 Å². The van der Waals surface area contributed by atoms with Crippen LogP contribution in [0.25, 0.3) is 0 Å². The van der Waals surface area contributed by atoms with Gasteiger partial charge in [-0.15, -0.1) is 0 Å². The van der Waals surface area contributed by atoms with Gasteiger partial charge in [0.15, 0.2) is 0 Å². The van der Waals surface area contributed by atoms with Crippen molar-refractivity contribution in [3.05, 3.63) is 46.8 Å². The number of nitrogens with two attached hydrogens (primary N) is 3. The Morgan fingerprint density at radius 3 is 2.58 bits per heavy atom. The first-order chi connectivity index (χ1) is 8.86. The molecule has 0 radical (unpaired) electrons. The normalized spacial score (nSPS) is 20.6. The minimum absolute atomic E-state index is 0.243. The molecule has 5 heteroatoms. The van der Waals surface area contributed by atoms with Crippen molar-refractivity contribution in [1.29, 1.82) is 5.41 Å². The molecule has 0 fully saturated rings. The number of allylic oxidation sites excluding steroid dienone is 6. The Balaban J connectivity index is 3.12. The molecule has 0 aliphatic heterocycles. The third-order valence-electron chi connectivity index (χ3n) is 2.89. The Hall–Kier alpha value is -2.30. The molecule has 0 spiro atoms. The maximum atomic E-state index is 11.2. The number of primary amides is 1. The average molecular weight is 260 g/mol. The molecule has 102 valence electrons. The van der Waals surface area contributed by atoms with Crippen LogP contribution < -0.4 is 17.2 Å². The van der Waals surface area contributed by atoms with Gasteiger partial charge in [-0.25, -0.2) is 0 Å². The molecule has 0 bridgehead atoms. The first-order valence-electron chi connectivity index (χ1n) is 6.03. The van der Waals surface area contributed by atoms with E-state index >= 15 is 0 Å². The summed E-state index contributed by atoms with van der Waals surface area (Å²) < 4.78 is 0. The molecule has 0 heterocycles. The van der Waals surface area contributed by atoms with E-state index < -0.39 is 11.8 Å². The summed E-state index contributed by atoms with van der Waals surface area (Å²) in [6.07, 6.45) is 7.34. The van der Waals surface area contributed by atoms with Crippen LogP contribution in [0.1, 0.15) is 20.3 Å². The third-order valence-corrected chi connectivity index (χ3v) is 2.89. The van der Waals surface area contributed by atoms with E-state index in [1.165, 1.54) is 0 Å². The molecule has 19 heavy (non-hydrogen) atoms. The van der Waals surface area contributed by atoms with E-state index in [0.29, 0.717) is 29.0 Å². The van der Waals surface area contributed by atoms with E-state index in [1.54, 1.807) is 31.2 Å². The van der Waals surface area contributed by atoms with E-state index in [2.05, 4.69) is 0 Å². The topological polar surface area (TPSA) is 119 Å². The van der Waals surface area contributed by atoms with E-state index in [-0.39, 0.29) is 5.71 Å². The zero-order chi connectivity index (χ0) is 14.6. The van der Waals surface area contributed by atoms with Gasteiger partial charge in [-0.1, -0.05) is 18.2 Å². The monoisotopic (exact) mass is 260 g/mol. The van der Waals surface area contributed by atoms with Crippen molar-refractivity contribution in [1.82, 2.24) is 0 Å². The smallest absolute Gasteiger partial charge is 0.224 e. The van der Waals surface area contributed by atoms with Crippen LogP contribution in [0.4, 0.5) is 0 Å². The molecule has 1 amide bonds. The fourth-order valence-corrected chi connectivity index (χ4v) is 1.86. The lowest BCUT2D eigenvalue weighted by Gasteiger charge is -2.19. The molecule has 0 aromatic heterocycles. The summed E-state index contributed by atoms with van der Waals surface area (Å²) in [6.45, 7) is 3.57. The summed E-state index contributed by atoms with van der Waals surface area (Å²) in [6, 6.07) is 0. The first-order valence-corrected chi connectivity index (χ1v) is 6.03. The fourth-order valence-electron chi connectivity index (χ4n) is 1.86. The summed E-state index contributed by atoms with van der Waals surface area (Å²) in [4.78, 5) is 11.2. The molecule has 0 saturated carbocycles. The number of carbonyl (C=O) groups is 1. The van der Waals surface area contributed by atoms with Crippen LogP contribution in [-0.2, 0) is 4.79 Å². The minimum Gasteiger partial charge on any atom is -0.402 e. The van der Waals surface area contributed by atoms with Crippen LogP contribution in [-0.4, -0.2) is 11.6 Å². The molecular weight excluding hydrogens is 240 g/mol. The fraction of sp³-hybridized carbons (Fsp3) is 0.286. The van der Waals surface area contributed by atoms with Gasteiger partial charge in [0.25, 0.3) is 0 Å². The highest BCUT2D eigenvalue weighted by Gasteiger charge is 2.21. The summed E-state index contributed by atoms with van der Waals surface area (Å²) >= 11 is 0. The van der Waals surface area contributed by atoms with Crippen molar-refractivity contribution in [2.45, 2.75) is 20.3 Å². The highest BCUT2D eigenvalue weighted by Crippen LogP contribution is 2.23. The van der Waals surface area contributed by atoms with Crippen molar-refractivity contribution in [2.75, 3.05) is 0 Å². The van der Waals surface area contributed by atoms with Gasteiger partial charge in [-0.2, -0.15) is 0 Å². The van der Waals surface area contributed by atoms with Gasteiger partial charge in [0, 0.05) is 17.0 Å². The number of hydrogen-bond donors (Lipinski definition) is 4. The standard InChI is InChI=1S/C14H20N4O/c1-3-9(6-8(2)15)13(17)11-7-10(14(18)19)4-5-12(11)16/h3,5-7,10,17H,4,15-16H2,1-2H3,(H2,18,19)/b8-6-,9-3+,17-13?. The van der Waals surface area contributed by atoms with Crippen LogP contribution in [0.5, 0.6) is 0 Å². The van der Waals surface area contributed by atoms with Crippen molar-refractivity contribution in [3.8, 4) is 0 Å². The number of amides is 1. The van der Waals surface area contributed by atoms with Crippen molar-refractivity contribution < 1.29 is 4.79 Å². The van der Waals surface area contributed by atoms with Crippen LogP contribution in [0.3, 0.4) is 0 Å². The second kappa shape index (κ2) is 6.04. The zero-order valence-electron chi connectivity index (χ0n) is 11.2.